The van der Waals surface area contributed by atoms with Gasteiger partial charge in [0.25, 0.3) is 5.91 Å². The molecule has 1 aromatic heterocycles. The molecule has 0 bridgehead atoms. The molecule has 2 aromatic carbocycles. The molecule has 3 aromatic rings. The number of amides is 1. The third-order valence-electron chi connectivity index (χ3n) is 5.37. The molecular weight excluding hydrogens is 392 g/mol. The number of nitrogens with two attached hydrogens (primary N) is 1. The lowest BCUT2D eigenvalue weighted by Gasteiger charge is -2.36. The van der Waals surface area contributed by atoms with Gasteiger partial charge in [-0.2, -0.15) is 4.98 Å². The first kappa shape index (κ1) is 20.5. The largest absolute Gasteiger partial charge is 0.496 e. The summed E-state index contributed by atoms with van der Waals surface area (Å²) in [6, 6.07) is 17.9. The Morgan fingerprint density at radius 2 is 1.71 bits per heavy atom. The number of carbonyl (C=O) groups is 1. The van der Waals surface area contributed by atoms with Crippen molar-refractivity contribution in [1.82, 2.24) is 15.3 Å². The summed E-state index contributed by atoms with van der Waals surface area (Å²) in [6.07, 6.45) is 1.50. The molecule has 0 aliphatic carbocycles. The second-order valence-corrected chi connectivity index (χ2v) is 7.27. The van der Waals surface area contributed by atoms with E-state index in [9.17, 15) is 4.79 Å². The van der Waals surface area contributed by atoms with Gasteiger partial charge in [0.1, 0.15) is 11.6 Å². The number of nitrogen functional groups attached to an aromatic ring is 1. The first-order chi connectivity index (χ1) is 15.2. The number of anilines is 3. The van der Waals surface area contributed by atoms with Crippen LogP contribution in [0.15, 0.2) is 60.8 Å². The number of carbonyl (C=O) groups excluding carboxylic acids is 1. The molecule has 0 atom stereocenters. The van der Waals surface area contributed by atoms with E-state index in [1.807, 2.05) is 42.5 Å². The highest BCUT2D eigenvalue weighted by Gasteiger charge is 2.21. The van der Waals surface area contributed by atoms with E-state index >= 15 is 0 Å². The van der Waals surface area contributed by atoms with Crippen LogP contribution in [-0.4, -0.2) is 49.2 Å². The summed E-state index contributed by atoms with van der Waals surface area (Å²) in [4.78, 5) is 25.8. The molecule has 0 unspecified atom stereocenters. The molecule has 0 spiro atoms. The Labute approximate surface area is 181 Å². The van der Waals surface area contributed by atoms with Crippen molar-refractivity contribution in [3.63, 3.8) is 0 Å². The molecule has 0 radical (unpaired) electrons. The molecule has 1 saturated heterocycles. The van der Waals surface area contributed by atoms with Crippen LogP contribution in [-0.2, 0) is 6.54 Å². The Bertz CT molecular complexity index is 1040. The number of methoxy groups -OCH3 is 1. The number of piperazine rings is 1. The Morgan fingerprint density at radius 3 is 2.42 bits per heavy atom. The van der Waals surface area contributed by atoms with Crippen molar-refractivity contribution in [3.8, 4) is 5.75 Å². The number of aromatic nitrogens is 2. The Morgan fingerprint density at radius 1 is 1.03 bits per heavy atom. The van der Waals surface area contributed by atoms with Crippen LogP contribution in [0, 0.1) is 0 Å². The molecule has 8 heteroatoms. The first-order valence-corrected chi connectivity index (χ1v) is 10.2. The Balaban J connectivity index is 1.37. The van der Waals surface area contributed by atoms with E-state index in [1.54, 1.807) is 7.11 Å². The highest BCUT2D eigenvalue weighted by atomic mass is 16.5. The maximum absolute atomic E-state index is 12.6. The van der Waals surface area contributed by atoms with Crippen molar-refractivity contribution >= 4 is 23.4 Å². The number of nitrogens with zero attached hydrogens (tertiary/aromatic N) is 4. The molecule has 3 N–H and O–H groups in total. The van der Waals surface area contributed by atoms with Gasteiger partial charge in [-0.1, -0.05) is 36.4 Å². The van der Waals surface area contributed by atoms with Crippen LogP contribution in [0.4, 0.5) is 17.5 Å². The number of hydrogen-bond acceptors (Lipinski definition) is 7. The van der Waals surface area contributed by atoms with Crippen LogP contribution in [0.1, 0.15) is 15.9 Å². The average molecular weight is 419 g/mol. The number of para-hydroxylation sites is 2. The number of ether oxygens (including phenoxy) is 1. The smallest absolute Gasteiger partial charge is 0.256 e. The summed E-state index contributed by atoms with van der Waals surface area (Å²) in [5.41, 5.74) is 8.46. The van der Waals surface area contributed by atoms with Gasteiger partial charge in [-0.05, 0) is 18.2 Å². The molecule has 1 fully saturated rings. The Hall–Kier alpha value is -3.81. The average Bonchev–Trinajstić information content (AvgIpc) is 2.83. The van der Waals surface area contributed by atoms with E-state index in [1.165, 1.54) is 11.9 Å². The van der Waals surface area contributed by atoms with Gasteiger partial charge in [0, 0.05) is 50.2 Å². The van der Waals surface area contributed by atoms with Crippen LogP contribution in [0.2, 0.25) is 0 Å². The van der Waals surface area contributed by atoms with Crippen LogP contribution in [0.5, 0.6) is 5.75 Å². The minimum Gasteiger partial charge on any atom is -0.496 e. The minimum absolute atomic E-state index is 0.174. The van der Waals surface area contributed by atoms with Crippen molar-refractivity contribution in [2.45, 2.75) is 6.54 Å². The highest BCUT2D eigenvalue weighted by molar-refractivity contribution is 5.98. The van der Waals surface area contributed by atoms with E-state index in [2.05, 4.69) is 37.2 Å². The molecule has 2 heterocycles. The van der Waals surface area contributed by atoms with Crippen LogP contribution < -0.4 is 25.6 Å². The maximum Gasteiger partial charge on any atom is 0.256 e. The fourth-order valence-electron chi connectivity index (χ4n) is 3.64. The molecule has 4 rings (SSSR count). The lowest BCUT2D eigenvalue weighted by molar-refractivity contribution is 0.0951. The fourth-order valence-corrected chi connectivity index (χ4v) is 3.64. The SMILES string of the molecule is COc1ccccc1CNC(=O)c1cnc(N2CCN(c3ccccc3)CC2)nc1N. The summed E-state index contributed by atoms with van der Waals surface area (Å²) in [6.45, 7) is 3.63. The molecule has 1 aliphatic heterocycles. The summed E-state index contributed by atoms with van der Waals surface area (Å²) in [5.74, 6) is 1.13. The van der Waals surface area contributed by atoms with E-state index in [-0.39, 0.29) is 17.3 Å². The van der Waals surface area contributed by atoms with E-state index < -0.39 is 0 Å². The third kappa shape index (κ3) is 4.69. The molecule has 0 saturated carbocycles. The van der Waals surface area contributed by atoms with Crippen LogP contribution >= 0.6 is 0 Å². The monoisotopic (exact) mass is 418 g/mol. The summed E-state index contributed by atoms with van der Waals surface area (Å²) in [5, 5.41) is 2.85. The standard InChI is InChI=1S/C23H26N6O2/c1-31-20-10-6-5-7-17(20)15-25-22(30)19-16-26-23(27-21(19)24)29-13-11-28(12-14-29)18-8-3-2-4-9-18/h2-10,16H,11-15H2,1H3,(H,25,30)(H2,24,26,27). The molecule has 1 amide bonds. The lowest BCUT2D eigenvalue weighted by atomic mass is 10.2. The number of rotatable bonds is 6. The number of benzene rings is 2. The van der Waals surface area contributed by atoms with Gasteiger partial charge in [0.2, 0.25) is 5.95 Å². The quantitative estimate of drug-likeness (QED) is 0.634. The lowest BCUT2D eigenvalue weighted by Crippen LogP contribution is -2.47. The second-order valence-electron chi connectivity index (χ2n) is 7.27. The van der Waals surface area contributed by atoms with E-state index in [0.717, 1.165) is 37.5 Å². The zero-order chi connectivity index (χ0) is 21.6. The summed E-state index contributed by atoms with van der Waals surface area (Å²) >= 11 is 0. The van der Waals surface area contributed by atoms with Gasteiger partial charge >= 0.3 is 0 Å². The summed E-state index contributed by atoms with van der Waals surface area (Å²) in [7, 11) is 1.60. The predicted octanol–water partition coefficient (Wildman–Crippen LogP) is 2.32. The molecule has 1 aliphatic rings. The zero-order valence-electron chi connectivity index (χ0n) is 17.5. The van der Waals surface area contributed by atoms with Gasteiger partial charge in [-0.15, -0.1) is 0 Å². The Kier molecular flexibility index (Phi) is 6.16. The number of nitrogens with one attached hydrogen (secondary N) is 1. The zero-order valence-corrected chi connectivity index (χ0v) is 17.5. The van der Waals surface area contributed by atoms with Crippen molar-refractivity contribution < 1.29 is 9.53 Å². The van der Waals surface area contributed by atoms with Gasteiger partial charge in [0.15, 0.2) is 0 Å². The maximum atomic E-state index is 12.6. The third-order valence-corrected chi connectivity index (χ3v) is 5.37. The van der Waals surface area contributed by atoms with Gasteiger partial charge in [0.05, 0.1) is 12.7 Å². The van der Waals surface area contributed by atoms with Gasteiger partial charge in [-0.25, -0.2) is 4.98 Å². The van der Waals surface area contributed by atoms with Crippen molar-refractivity contribution in [2.75, 3.05) is 48.8 Å². The predicted molar refractivity (Wildman–Crippen MR) is 121 cm³/mol. The van der Waals surface area contributed by atoms with E-state index in [0.29, 0.717) is 12.5 Å². The van der Waals surface area contributed by atoms with Crippen molar-refractivity contribution in [3.05, 3.63) is 71.9 Å². The summed E-state index contributed by atoms with van der Waals surface area (Å²) < 4.78 is 5.32. The minimum atomic E-state index is -0.316. The van der Waals surface area contributed by atoms with E-state index in [4.69, 9.17) is 10.5 Å². The number of hydrogen-bond donors (Lipinski definition) is 2. The fraction of sp³-hybridized carbons (Fsp3) is 0.261. The van der Waals surface area contributed by atoms with Crippen LogP contribution in [0.25, 0.3) is 0 Å². The molecule has 31 heavy (non-hydrogen) atoms. The van der Waals surface area contributed by atoms with Crippen molar-refractivity contribution in [1.29, 1.82) is 0 Å². The van der Waals surface area contributed by atoms with Crippen molar-refractivity contribution in [2.24, 2.45) is 0 Å². The topological polar surface area (TPSA) is 96.6 Å². The molecule has 8 nitrogen and oxygen atoms in total. The molecular formula is C23H26N6O2. The first-order valence-electron chi connectivity index (χ1n) is 10.2. The highest BCUT2D eigenvalue weighted by Crippen LogP contribution is 2.20. The van der Waals surface area contributed by atoms with Gasteiger partial charge < -0.3 is 25.6 Å². The molecule has 160 valence electrons. The van der Waals surface area contributed by atoms with Crippen LogP contribution in [0.3, 0.4) is 0 Å². The normalized spacial score (nSPS) is 13.7. The van der Waals surface area contributed by atoms with Gasteiger partial charge in [-0.3, -0.25) is 4.79 Å². The second kappa shape index (κ2) is 9.34.